The van der Waals surface area contributed by atoms with Crippen LogP contribution in [0, 0.1) is 0 Å². The molecule has 23 heavy (non-hydrogen) atoms. The number of carbonyl (C=O) groups excluding carboxylic acids is 2. The van der Waals surface area contributed by atoms with Crippen molar-refractivity contribution in [2.75, 3.05) is 13.2 Å². The molecule has 0 aliphatic rings. The molecule has 6 nitrogen and oxygen atoms in total. The second kappa shape index (κ2) is 8.43. The molecule has 2 amide bonds. The summed E-state index contributed by atoms with van der Waals surface area (Å²) in [6.45, 7) is 2.13. The first-order valence-corrected chi connectivity index (χ1v) is 7.19. The average Bonchev–Trinajstić information content (AvgIpc) is 2.60. The van der Waals surface area contributed by atoms with Gasteiger partial charge in [0.1, 0.15) is 0 Å². The molecule has 0 aromatic heterocycles. The van der Waals surface area contributed by atoms with E-state index < -0.39 is 11.8 Å². The number of rotatable bonds is 6. The molecule has 2 aromatic rings. The van der Waals surface area contributed by atoms with Crippen molar-refractivity contribution in [1.82, 2.24) is 10.9 Å². The Morgan fingerprint density at radius 3 is 2.13 bits per heavy atom. The lowest BCUT2D eigenvalue weighted by atomic mass is 10.2. The van der Waals surface area contributed by atoms with E-state index in [1.54, 1.807) is 48.5 Å². The van der Waals surface area contributed by atoms with Crippen LogP contribution in [-0.2, 0) is 4.79 Å². The van der Waals surface area contributed by atoms with Gasteiger partial charge in [-0.2, -0.15) is 0 Å². The molecule has 0 saturated heterocycles. The maximum atomic E-state index is 11.8. The third-order valence-corrected chi connectivity index (χ3v) is 2.86. The Hall–Kier alpha value is -3.02. The smallest absolute Gasteiger partial charge is 0.276 e. The molecule has 0 fully saturated rings. The third kappa shape index (κ3) is 5.03. The summed E-state index contributed by atoms with van der Waals surface area (Å²) in [4.78, 5) is 23.5. The number of hydrazine groups is 1. The van der Waals surface area contributed by atoms with E-state index in [1.807, 2.05) is 13.0 Å². The van der Waals surface area contributed by atoms with Crippen molar-refractivity contribution in [2.45, 2.75) is 6.92 Å². The molecule has 0 aliphatic carbocycles. The van der Waals surface area contributed by atoms with Crippen LogP contribution in [0.25, 0.3) is 0 Å². The zero-order valence-corrected chi connectivity index (χ0v) is 12.7. The second-order valence-electron chi connectivity index (χ2n) is 4.54. The van der Waals surface area contributed by atoms with E-state index in [1.165, 1.54) is 0 Å². The fraction of sp³-hybridized carbons (Fsp3) is 0.176. The first-order chi connectivity index (χ1) is 11.2. The predicted octanol–water partition coefficient (Wildman–Crippen LogP) is 1.93. The highest BCUT2D eigenvalue weighted by Gasteiger charge is 2.09. The van der Waals surface area contributed by atoms with E-state index in [4.69, 9.17) is 9.47 Å². The zero-order valence-electron chi connectivity index (χ0n) is 12.7. The number of nitrogens with one attached hydrogen (secondary N) is 2. The molecule has 0 atom stereocenters. The lowest BCUT2D eigenvalue weighted by Gasteiger charge is -2.12. The Bertz CT molecular complexity index is 659. The summed E-state index contributed by atoms with van der Waals surface area (Å²) >= 11 is 0. The second-order valence-corrected chi connectivity index (χ2v) is 4.54. The van der Waals surface area contributed by atoms with E-state index in [0.717, 1.165) is 0 Å². The Morgan fingerprint density at radius 2 is 1.48 bits per heavy atom. The Labute approximate surface area is 134 Å². The average molecular weight is 314 g/mol. The molecule has 0 aliphatic heterocycles. The van der Waals surface area contributed by atoms with Gasteiger partial charge < -0.3 is 9.47 Å². The highest BCUT2D eigenvalue weighted by Crippen LogP contribution is 2.26. The summed E-state index contributed by atoms with van der Waals surface area (Å²) in [5.74, 6) is 0.171. The molecule has 0 heterocycles. The molecule has 0 bridgehead atoms. The van der Waals surface area contributed by atoms with Crippen LogP contribution in [0.2, 0.25) is 0 Å². The van der Waals surface area contributed by atoms with Gasteiger partial charge in [-0.05, 0) is 31.2 Å². The van der Waals surface area contributed by atoms with Gasteiger partial charge in [0, 0.05) is 5.56 Å². The van der Waals surface area contributed by atoms with Gasteiger partial charge in [-0.25, -0.2) is 0 Å². The lowest BCUT2D eigenvalue weighted by molar-refractivity contribution is -0.123. The Balaban J connectivity index is 1.81. The normalized spacial score (nSPS) is 9.78. The molecule has 0 saturated carbocycles. The van der Waals surface area contributed by atoms with Crippen molar-refractivity contribution in [1.29, 1.82) is 0 Å². The number of carbonyl (C=O) groups is 2. The first-order valence-electron chi connectivity index (χ1n) is 7.19. The van der Waals surface area contributed by atoms with E-state index in [9.17, 15) is 9.59 Å². The largest absolute Gasteiger partial charge is 0.490 e. The molecular formula is C17H18N2O4. The number of amides is 2. The molecule has 0 unspecified atom stereocenters. The van der Waals surface area contributed by atoms with Crippen LogP contribution in [0.4, 0.5) is 0 Å². The number of benzene rings is 2. The lowest BCUT2D eigenvalue weighted by Crippen LogP contribution is -2.43. The van der Waals surface area contributed by atoms with Gasteiger partial charge in [0.05, 0.1) is 6.61 Å². The predicted molar refractivity (Wildman–Crippen MR) is 85.2 cm³/mol. The Morgan fingerprint density at radius 1 is 0.870 bits per heavy atom. The summed E-state index contributed by atoms with van der Waals surface area (Å²) in [5.41, 5.74) is 5.08. The number of hydrogen-bond donors (Lipinski definition) is 2. The molecular weight excluding hydrogens is 296 g/mol. The summed E-state index contributed by atoms with van der Waals surface area (Å²) < 4.78 is 10.8. The van der Waals surface area contributed by atoms with Crippen molar-refractivity contribution in [3.63, 3.8) is 0 Å². The SMILES string of the molecule is CCOc1ccccc1OCC(=O)NNC(=O)c1ccccc1. The summed E-state index contributed by atoms with van der Waals surface area (Å²) in [7, 11) is 0. The summed E-state index contributed by atoms with van der Waals surface area (Å²) in [5, 5.41) is 0. The minimum absolute atomic E-state index is 0.237. The molecule has 2 aromatic carbocycles. The van der Waals surface area contributed by atoms with Crippen LogP contribution < -0.4 is 20.3 Å². The van der Waals surface area contributed by atoms with Crippen molar-refractivity contribution in [2.24, 2.45) is 0 Å². The topological polar surface area (TPSA) is 76.7 Å². The van der Waals surface area contributed by atoms with Gasteiger partial charge >= 0.3 is 0 Å². The van der Waals surface area contributed by atoms with E-state index in [-0.39, 0.29) is 6.61 Å². The van der Waals surface area contributed by atoms with Crippen molar-refractivity contribution in [3.05, 3.63) is 60.2 Å². The third-order valence-electron chi connectivity index (χ3n) is 2.86. The molecule has 0 radical (unpaired) electrons. The molecule has 2 N–H and O–H groups in total. The number of ether oxygens (including phenoxy) is 2. The van der Waals surface area contributed by atoms with Crippen molar-refractivity contribution in [3.8, 4) is 11.5 Å². The zero-order chi connectivity index (χ0) is 16.5. The highest BCUT2D eigenvalue weighted by atomic mass is 16.5. The fourth-order valence-corrected chi connectivity index (χ4v) is 1.81. The maximum Gasteiger partial charge on any atom is 0.276 e. The van der Waals surface area contributed by atoms with Crippen LogP contribution in [0.1, 0.15) is 17.3 Å². The quantitative estimate of drug-likeness (QED) is 0.799. The van der Waals surface area contributed by atoms with Crippen LogP contribution in [-0.4, -0.2) is 25.0 Å². The monoisotopic (exact) mass is 314 g/mol. The molecule has 2 rings (SSSR count). The van der Waals surface area contributed by atoms with E-state index in [0.29, 0.717) is 23.7 Å². The molecule has 0 spiro atoms. The van der Waals surface area contributed by atoms with Gasteiger partial charge in [0.15, 0.2) is 18.1 Å². The van der Waals surface area contributed by atoms with Gasteiger partial charge in [0.2, 0.25) is 0 Å². The maximum absolute atomic E-state index is 11.8. The first kappa shape index (κ1) is 16.4. The standard InChI is InChI=1S/C17H18N2O4/c1-2-22-14-10-6-7-11-15(14)23-12-16(20)18-19-17(21)13-8-4-3-5-9-13/h3-11H,2,12H2,1H3,(H,18,20)(H,19,21). The van der Waals surface area contributed by atoms with Crippen LogP contribution >= 0.6 is 0 Å². The van der Waals surface area contributed by atoms with E-state index >= 15 is 0 Å². The van der Waals surface area contributed by atoms with Crippen molar-refractivity contribution < 1.29 is 19.1 Å². The fourth-order valence-electron chi connectivity index (χ4n) is 1.81. The van der Waals surface area contributed by atoms with Gasteiger partial charge in [-0.3, -0.25) is 20.4 Å². The van der Waals surface area contributed by atoms with E-state index in [2.05, 4.69) is 10.9 Å². The molecule has 6 heteroatoms. The summed E-state index contributed by atoms with van der Waals surface area (Å²) in [6, 6.07) is 15.7. The minimum atomic E-state index is -0.472. The molecule has 120 valence electrons. The van der Waals surface area contributed by atoms with Crippen LogP contribution in [0.5, 0.6) is 11.5 Å². The summed E-state index contributed by atoms with van der Waals surface area (Å²) in [6.07, 6.45) is 0. The van der Waals surface area contributed by atoms with Crippen LogP contribution in [0.3, 0.4) is 0 Å². The Kier molecular flexibility index (Phi) is 5.99. The van der Waals surface area contributed by atoms with Gasteiger partial charge in [0.25, 0.3) is 11.8 Å². The van der Waals surface area contributed by atoms with Gasteiger partial charge in [-0.1, -0.05) is 30.3 Å². The van der Waals surface area contributed by atoms with Crippen molar-refractivity contribution >= 4 is 11.8 Å². The minimum Gasteiger partial charge on any atom is -0.490 e. The number of para-hydroxylation sites is 2. The highest BCUT2D eigenvalue weighted by molar-refractivity contribution is 5.95. The van der Waals surface area contributed by atoms with Crippen LogP contribution in [0.15, 0.2) is 54.6 Å². The van der Waals surface area contributed by atoms with Gasteiger partial charge in [-0.15, -0.1) is 0 Å². The number of hydrogen-bond acceptors (Lipinski definition) is 4.